The Morgan fingerprint density at radius 3 is 2.60 bits per heavy atom. The number of esters is 1. The summed E-state index contributed by atoms with van der Waals surface area (Å²) in [7, 11) is -3.01. The van der Waals surface area contributed by atoms with Crippen LogP contribution in [0, 0.1) is 0 Å². The number of hydrogen-bond donors (Lipinski definition) is 3. The van der Waals surface area contributed by atoms with E-state index in [1.165, 1.54) is 5.38 Å². The number of β-lactam (4-membered cyclic amide) rings is 1. The van der Waals surface area contributed by atoms with Crippen LogP contribution in [-0.2, 0) is 39.1 Å². The van der Waals surface area contributed by atoms with Gasteiger partial charge in [0.2, 0.25) is 5.91 Å². The van der Waals surface area contributed by atoms with Crippen LogP contribution in [0.1, 0.15) is 5.69 Å². The molecule has 0 radical (unpaired) electrons. The Balaban J connectivity index is 2.25. The molecule has 1 aliphatic heterocycles. The number of oxime groups is 1. The average molecular weight is 484 g/mol. The molecule has 1 aliphatic rings. The number of aromatic nitrogens is 1. The van der Waals surface area contributed by atoms with Crippen molar-refractivity contribution in [3.05, 3.63) is 11.1 Å². The molecule has 3 N–H and O–H groups in total. The van der Waals surface area contributed by atoms with E-state index >= 15 is 0 Å². The third-order valence-corrected chi connectivity index (χ3v) is 5.45. The van der Waals surface area contributed by atoms with Crippen LogP contribution in [0.25, 0.3) is 0 Å². The molecule has 0 spiro atoms. The van der Waals surface area contributed by atoms with Crippen LogP contribution >= 0.6 is 22.9 Å². The van der Waals surface area contributed by atoms with Gasteiger partial charge in [0.25, 0.3) is 11.8 Å². The van der Waals surface area contributed by atoms with Gasteiger partial charge in [-0.25, -0.2) is 9.78 Å². The summed E-state index contributed by atoms with van der Waals surface area (Å²) in [5.41, 5.74) is -0.501. The summed E-state index contributed by atoms with van der Waals surface area (Å²) in [5.74, 6) is -4.39. The number of thiazole rings is 1. The standard InChI is InChI=1S/C13H14ClN5O9S2/c1-27-12(23)9-8(11(22)19(9)30(24,25)26)17-10(21)7(18-28-2)5-4-29-13(15-5)16-6(20)3-14/h4,8-9H,3H2,1-2H3,(H,17,21)(H,15,16,20)(H,24,25,26)/t8-,9+/m1/s1. The highest BCUT2D eigenvalue weighted by Crippen LogP contribution is 2.25. The lowest BCUT2D eigenvalue weighted by Gasteiger charge is -2.41. The van der Waals surface area contributed by atoms with Crippen LogP contribution in [0.4, 0.5) is 5.13 Å². The van der Waals surface area contributed by atoms with E-state index in [9.17, 15) is 27.6 Å². The van der Waals surface area contributed by atoms with Crippen LogP contribution in [0.3, 0.4) is 0 Å². The van der Waals surface area contributed by atoms with Crippen molar-refractivity contribution in [2.24, 2.45) is 5.16 Å². The molecule has 2 rings (SSSR count). The minimum Gasteiger partial charge on any atom is -0.467 e. The molecular weight excluding hydrogens is 470 g/mol. The number of carbonyl (C=O) groups is 4. The quantitative estimate of drug-likeness (QED) is 0.0961. The van der Waals surface area contributed by atoms with Gasteiger partial charge >= 0.3 is 16.3 Å². The van der Waals surface area contributed by atoms with Gasteiger partial charge in [0.15, 0.2) is 16.9 Å². The number of ether oxygens (including phenoxy) is 1. The number of nitrogens with zero attached hydrogens (tertiary/aromatic N) is 3. The monoisotopic (exact) mass is 483 g/mol. The van der Waals surface area contributed by atoms with Crippen LogP contribution in [0.15, 0.2) is 10.5 Å². The highest BCUT2D eigenvalue weighted by Gasteiger charge is 2.58. The molecule has 2 atom stereocenters. The van der Waals surface area contributed by atoms with Crippen molar-refractivity contribution in [1.82, 2.24) is 14.6 Å². The van der Waals surface area contributed by atoms with Gasteiger partial charge in [0.1, 0.15) is 24.7 Å². The molecule has 17 heteroatoms. The summed E-state index contributed by atoms with van der Waals surface area (Å²) in [4.78, 5) is 56.4. The number of rotatable bonds is 8. The fourth-order valence-electron chi connectivity index (χ4n) is 2.31. The van der Waals surface area contributed by atoms with Gasteiger partial charge in [-0.05, 0) is 0 Å². The molecule has 0 unspecified atom stereocenters. The molecule has 1 saturated heterocycles. The molecule has 0 aliphatic carbocycles. The zero-order chi connectivity index (χ0) is 22.6. The van der Waals surface area contributed by atoms with Crippen LogP contribution in [0.2, 0.25) is 0 Å². The van der Waals surface area contributed by atoms with E-state index in [1.54, 1.807) is 0 Å². The second-order valence-electron chi connectivity index (χ2n) is 5.37. The van der Waals surface area contributed by atoms with Crippen molar-refractivity contribution >= 4 is 67.8 Å². The lowest BCUT2D eigenvalue weighted by Crippen LogP contribution is -2.74. The Hall–Kier alpha value is -2.82. The first-order valence-corrected chi connectivity index (χ1v) is 10.5. The Morgan fingerprint density at radius 1 is 1.40 bits per heavy atom. The highest BCUT2D eigenvalue weighted by atomic mass is 35.5. The summed E-state index contributed by atoms with van der Waals surface area (Å²) in [6.45, 7) is 0. The van der Waals surface area contributed by atoms with Gasteiger partial charge in [-0.1, -0.05) is 5.16 Å². The van der Waals surface area contributed by atoms with E-state index < -0.39 is 51.8 Å². The van der Waals surface area contributed by atoms with Crippen molar-refractivity contribution in [2.45, 2.75) is 12.1 Å². The van der Waals surface area contributed by atoms with E-state index in [4.69, 9.17) is 16.2 Å². The molecule has 1 fully saturated rings. The summed E-state index contributed by atoms with van der Waals surface area (Å²) in [6.07, 6.45) is 0. The Kier molecular flexibility index (Phi) is 7.30. The Morgan fingerprint density at radius 2 is 2.07 bits per heavy atom. The van der Waals surface area contributed by atoms with Crippen molar-refractivity contribution in [3.63, 3.8) is 0 Å². The number of carbonyl (C=O) groups excluding carboxylic acids is 4. The lowest BCUT2D eigenvalue weighted by molar-refractivity contribution is -0.162. The number of amides is 3. The molecule has 2 heterocycles. The normalized spacial score (nSPS) is 19.0. The number of methoxy groups -OCH3 is 1. The average Bonchev–Trinajstić information content (AvgIpc) is 3.13. The number of nitrogens with one attached hydrogen (secondary N) is 2. The number of anilines is 1. The maximum Gasteiger partial charge on any atom is 0.363 e. The molecule has 1 aromatic heterocycles. The largest absolute Gasteiger partial charge is 0.467 e. The minimum absolute atomic E-state index is 0.0581. The summed E-state index contributed by atoms with van der Waals surface area (Å²) in [5, 5.41) is 9.42. The maximum absolute atomic E-state index is 12.6. The van der Waals surface area contributed by atoms with E-state index in [-0.39, 0.29) is 21.0 Å². The molecule has 14 nitrogen and oxygen atoms in total. The molecule has 30 heavy (non-hydrogen) atoms. The fraction of sp³-hybridized carbons (Fsp3) is 0.385. The number of hydrogen-bond acceptors (Lipinski definition) is 11. The van der Waals surface area contributed by atoms with Gasteiger partial charge in [0.05, 0.1) is 7.11 Å². The second-order valence-corrected chi connectivity index (χ2v) is 7.79. The molecular formula is C13H14ClN5O9S2. The van der Waals surface area contributed by atoms with E-state index in [0.29, 0.717) is 0 Å². The summed E-state index contributed by atoms with van der Waals surface area (Å²) >= 11 is 6.32. The fourth-order valence-corrected chi connectivity index (χ4v) is 3.92. The lowest BCUT2D eigenvalue weighted by atomic mass is 9.98. The van der Waals surface area contributed by atoms with Crippen molar-refractivity contribution in [2.75, 3.05) is 25.4 Å². The second kappa shape index (κ2) is 9.33. The van der Waals surface area contributed by atoms with E-state index in [2.05, 4.69) is 30.3 Å². The predicted molar refractivity (Wildman–Crippen MR) is 101 cm³/mol. The number of halogens is 1. The summed E-state index contributed by atoms with van der Waals surface area (Å²) < 4.78 is 36.0. The van der Waals surface area contributed by atoms with E-state index in [0.717, 1.165) is 25.6 Å². The van der Waals surface area contributed by atoms with Gasteiger partial charge < -0.3 is 20.2 Å². The third-order valence-electron chi connectivity index (χ3n) is 3.54. The van der Waals surface area contributed by atoms with Gasteiger partial charge in [-0.15, -0.1) is 22.9 Å². The molecule has 3 amide bonds. The van der Waals surface area contributed by atoms with Crippen molar-refractivity contribution in [3.8, 4) is 0 Å². The summed E-state index contributed by atoms with van der Waals surface area (Å²) in [6, 6.07) is -3.48. The van der Waals surface area contributed by atoms with Gasteiger partial charge in [-0.2, -0.15) is 12.7 Å². The minimum atomic E-state index is -5.07. The van der Waals surface area contributed by atoms with Crippen molar-refractivity contribution in [1.29, 1.82) is 0 Å². The molecule has 164 valence electrons. The smallest absolute Gasteiger partial charge is 0.363 e. The molecule has 0 aromatic carbocycles. The van der Waals surface area contributed by atoms with Gasteiger partial charge in [0, 0.05) is 5.38 Å². The Labute approximate surface area is 178 Å². The number of alkyl halides is 1. The SMILES string of the molecule is CON=C(C(=O)N[C@H]1C(=O)N(S(=O)(=O)O)[C@@H]1C(=O)OC)c1csc(NC(=O)CCl)n1. The maximum atomic E-state index is 12.6. The third kappa shape index (κ3) is 4.84. The molecule has 0 bridgehead atoms. The topological polar surface area (TPSA) is 194 Å². The van der Waals surface area contributed by atoms with Crippen LogP contribution < -0.4 is 10.6 Å². The van der Waals surface area contributed by atoms with Crippen LogP contribution in [-0.4, -0.2) is 83.8 Å². The van der Waals surface area contributed by atoms with Crippen LogP contribution in [0.5, 0.6) is 0 Å². The highest BCUT2D eigenvalue weighted by molar-refractivity contribution is 7.84. The zero-order valence-corrected chi connectivity index (χ0v) is 17.6. The molecule has 0 saturated carbocycles. The zero-order valence-electron chi connectivity index (χ0n) is 15.2. The first kappa shape index (κ1) is 23.5. The van der Waals surface area contributed by atoms with E-state index in [1.807, 2.05) is 0 Å². The van der Waals surface area contributed by atoms with Crippen molar-refractivity contribution < 1.29 is 41.7 Å². The Bertz CT molecular complexity index is 1010. The predicted octanol–water partition coefficient (Wildman–Crippen LogP) is -1.66. The molecule has 1 aromatic rings. The van der Waals surface area contributed by atoms with Gasteiger partial charge in [-0.3, -0.25) is 18.9 Å². The first-order chi connectivity index (χ1) is 14.0. The first-order valence-electron chi connectivity index (χ1n) is 7.67.